The third-order valence-electron chi connectivity index (χ3n) is 10.6. The van der Waals surface area contributed by atoms with Gasteiger partial charge in [-0.15, -0.1) is 0 Å². The van der Waals surface area contributed by atoms with E-state index in [0.29, 0.717) is 43.4 Å². The van der Waals surface area contributed by atoms with Gasteiger partial charge >= 0.3 is 0 Å². The maximum atomic E-state index is 13.9. The van der Waals surface area contributed by atoms with Crippen molar-refractivity contribution in [2.24, 2.45) is 0 Å². The zero-order chi connectivity index (χ0) is 33.6. The second-order valence-electron chi connectivity index (χ2n) is 13.9. The van der Waals surface area contributed by atoms with Crippen LogP contribution in [0.1, 0.15) is 76.2 Å². The number of benzene rings is 2. The minimum atomic E-state index is -3.71. The van der Waals surface area contributed by atoms with Gasteiger partial charge in [-0.25, -0.2) is 13.4 Å². The van der Waals surface area contributed by atoms with Crippen molar-refractivity contribution >= 4 is 43.6 Å². The summed E-state index contributed by atoms with van der Waals surface area (Å²) in [5.74, 6) is 2.44. The van der Waals surface area contributed by atoms with Crippen LogP contribution in [0.15, 0.2) is 64.1 Å². The summed E-state index contributed by atoms with van der Waals surface area (Å²) >= 11 is 3.41. The van der Waals surface area contributed by atoms with E-state index in [9.17, 15) is 13.2 Å². The highest BCUT2D eigenvalue weighted by Gasteiger charge is 2.61. The van der Waals surface area contributed by atoms with E-state index in [1.54, 1.807) is 24.3 Å². The molecule has 3 aliphatic heterocycles. The molecule has 13 heteroatoms. The lowest BCUT2D eigenvalue weighted by molar-refractivity contribution is -0.193. The van der Waals surface area contributed by atoms with E-state index in [2.05, 4.69) is 26.2 Å². The second kappa shape index (κ2) is 13.6. The summed E-state index contributed by atoms with van der Waals surface area (Å²) in [7, 11) is -3.71. The van der Waals surface area contributed by atoms with Crippen molar-refractivity contribution in [3.05, 3.63) is 64.8 Å². The number of aromatic nitrogens is 2. The Kier molecular flexibility index (Phi) is 9.15. The monoisotopic (exact) mass is 751 g/mol. The van der Waals surface area contributed by atoms with Gasteiger partial charge < -0.3 is 19.5 Å². The fraction of sp³-hybridized carbons (Fsp3) is 0.528. The van der Waals surface area contributed by atoms with Crippen molar-refractivity contribution in [3.63, 3.8) is 0 Å². The summed E-state index contributed by atoms with van der Waals surface area (Å²) < 4.78 is 47.8. The quantitative estimate of drug-likeness (QED) is 0.260. The zero-order valence-corrected chi connectivity index (χ0v) is 29.8. The standard InChI is InChI=1S/C36H42BrN5O6S/c37-24-10-12-27(13-11-24)47-29-7-4-8-30(22-29)49(44,45)41-18-14-25(15-19-41)39-35-38-23-31-33(40-35)42(34(43)36(31)16-17-36)26-5-3-6-28(21-26)48-32-9-1-2-20-46-32/h4,7-8,10-13,22-23,25-26,28,32H,1-3,5-6,9,14-21H2,(H,38,39,40)/t26-,28-,32?/m1/s1. The van der Waals surface area contributed by atoms with Gasteiger partial charge in [0.1, 0.15) is 17.3 Å². The van der Waals surface area contributed by atoms with Gasteiger partial charge in [-0.1, -0.05) is 22.0 Å². The van der Waals surface area contributed by atoms with Crippen LogP contribution in [0.25, 0.3) is 0 Å². The second-order valence-corrected chi connectivity index (χ2v) is 16.8. The third kappa shape index (κ3) is 6.72. The largest absolute Gasteiger partial charge is 0.457 e. The number of rotatable bonds is 9. The Hall–Kier alpha value is -3.10. The molecule has 1 N–H and O–H groups in total. The fourth-order valence-corrected chi connectivity index (χ4v) is 9.54. The molecule has 0 bridgehead atoms. The number of ether oxygens (including phenoxy) is 3. The van der Waals surface area contributed by atoms with Crippen LogP contribution in [0.4, 0.5) is 11.8 Å². The number of amides is 1. The Morgan fingerprint density at radius 2 is 1.78 bits per heavy atom. The third-order valence-corrected chi connectivity index (χ3v) is 13.0. The average molecular weight is 753 g/mol. The van der Waals surface area contributed by atoms with Gasteiger partial charge in [-0.2, -0.15) is 9.29 Å². The molecule has 2 saturated carbocycles. The molecule has 1 aromatic heterocycles. The van der Waals surface area contributed by atoms with Crippen molar-refractivity contribution < 1.29 is 27.4 Å². The number of carbonyl (C=O) groups excluding carboxylic acids is 1. The smallest absolute Gasteiger partial charge is 0.243 e. The number of anilines is 2. The number of nitrogens with one attached hydrogen (secondary N) is 1. The van der Waals surface area contributed by atoms with Gasteiger partial charge in [0.15, 0.2) is 6.29 Å². The molecule has 4 fully saturated rings. The Morgan fingerprint density at radius 1 is 0.959 bits per heavy atom. The summed E-state index contributed by atoms with van der Waals surface area (Å²) in [5, 5.41) is 3.47. The molecule has 2 aromatic carbocycles. The molecule has 0 radical (unpaired) electrons. The van der Waals surface area contributed by atoms with Gasteiger partial charge in [0.05, 0.1) is 16.4 Å². The Labute approximate surface area is 295 Å². The van der Waals surface area contributed by atoms with Crippen molar-refractivity contribution in [1.82, 2.24) is 14.3 Å². The summed E-state index contributed by atoms with van der Waals surface area (Å²) in [4.78, 5) is 25.7. The molecule has 2 aliphatic carbocycles. The number of halogens is 1. The topological polar surface area (TPSA) is 123 Å². The Bertz CT molecular complexity index is 1790. The summed E-state index contributed by atoms with van der Waals surface area (Å²) in [6.07, 6.45) is 11.4. The molecule has 8 rings (SSSR count). The first-order chi connectivity index (χ1) is 23.8. The highest BCUT2D eigenvalue weighted by atomic mass is 79.9. The van der Waals surface area contributed by atoms with E-state index in [0.717, 1.165) is 80.2 Å². The lowest BCUT2D eigenvalue weighted by Crippen LogP contribution is -2.45. The molecule has 260 valence electrons. The maximum absolute atomic E-state index is 13.9. The number of carbonyl (C=O) groups is 1. The summed E-state index contributed by atoms with van der Waals surface area (Å²) in [5.41, 5.74) is 0.461. The zero-order valence-electron chi connectivity index (χ0n) is 27.4. The van der Waals surface area contributed by atoms with Gasteiger partial charge in [0, 0.05) is 54.1 Å². The van der Waals surface area contributed by atoms with Crippen molar-refractivity contribution in [2.45, 2.75) is 105 Å². The first-order valence-electron chi connectivity index (χ1n) is 17.6. The number of sulfonamides is 1. The van der Waals surface area contributed by atoms with Crippen LogP contribution in [0.2, 0.25) is 0 Å². The van der Waals surface area contributed by atoms with Gasteiger partial charge in [0.2, 0.25) is 21.9 Å². The van der Waals surface area contributed by atoms with E-state index < -0.39 is 15.4 Å². The number of nitrogens with zero attached hydrogens (tertiary/aromatic N) is 4. The molecule has 5 aliphatic rings. The molecule has 2 saturated heterocycles. The SMILES string of the molecule is O=C1N([C@@H]2CCC[C@@H](OC3CCCCO3)C2)c2nc(NC3CCN(S(=O)(=O)c4cccc(Oc5ccc(Br)cc5)c4)CC3)ncc2C12CC2. The van der Waals surface area contributed by atoms with Gasteiger partial charge in [-0.05, 0) is 107 Å². The molecule has 4 heterocycles. The van der Waals surface area contributed by atoms with Crippen LogP contribution < -0.4 is 15.0 Å². The highest BCUT2D eigenvalue weighted by molar-refractivity contribution is 9.10. The van der Waals surface area contributed by atoms with Crippen molar-refractivity contribution in [3.8, 4) is 11.5 Å². The molecule has 11 nitrogen and oxygen atoms in total. The molecule has 1 unspecified atom stereocenters. The predicted molar refractivity (Wildman–Crippen MR) is 187 cm³/mol. The van der Waals surface area contributed by atoms with Crippen LogP contribution in [0.5, 0.6) is 11.5 Å². The van der Waals surface area contributed by atoms with E-state index >= 15 is 0 Å². The van der Waals surface area contributed by atoms with Crippen molar-refractivity contribution in [1.29, 1.82) is 0 Å². The lowest BCUT2D eigenvalue weighted by atomic mass is 9.91. The van der Waals surface area contributed by atoms with E-state index in [1.807, 2.05) is 35.4 Å². The number of hydrogen-bond acceptors (Lipinski definition) is 9. The van der Waals surface area contributed by atoms with Crippen molar-refractivity contribution in [2.75, 3.05) is 29.9 Å². The summed E-state index contributed by atoms with van der Waals surface area (Å²) in [6, 6.07) is 14.0. The van der Waals surface area contributed by atoms with Crippen LogP contribution in [0.3, 0.4) is 0 Å². The average Bonchev–Trinajstić information content (AvgIpc) is 3.89. The molecule has 3 aromatic rings. The number of fused-ring (bicyclic) bond motifs is 2. The molecule has 3 atom stereocenters. The van der Waals surface area contributed by atoms with Gasteiger partial charge in [0.25, 0.3) is 0 Å². The summed E-state index contributed by atoms with van der Waals surface area (Å²) in [6.45, 7) is 1.48. The lowest BCUT2D eigenvalue weighted by Gasteiger charge is -2.37. The van der Waals surface area contributed by atoms with Crippen LogP contribution in [-0.2, 0) is 29.7 Å². The van der Waals surface area contributed by atoms with Crippen LogP contribution >= 0.6 is 15.9 Å². The Morgan fingerprint density at radius 3 is 2.53 bits per heavy atom. The van der Waals surface area contributed by atoms with E-state index in [1.165, 1.54) is 4.31 Å². The number of piperidine rings is 1. The van der Waals surface area contributed by atoms with E-state index in [-0.39, 0.29) is 35.3 Å². The number of hydrogen-bond donors (Lipinski definition) is 1. The predicted octanol–water partition coefficient (Wildman–Crippen LogP) is 6.53. The molecule has 49 heavy (non-hydrogen) atoms. The Balaban J connectivity index is 0.918. The maximum Gasteiger partial charge on any atom is 0.243 e. The molecule has 1 spiro atoms. The molecular weight excluding hydrogens is 710 g/mol. The van der Waals surface area contributed by atoms with Gasteiger partial charge in [-0.3, -0.25) is 9.69 Å². The normalized spacial score (nSPS) is 25.7. The van der Waals surface area contributed by atoms with Crippen LogP contribution in [-0.4, -0.2) is 72.8 Å². The first kappa shape index (κ1) is 33.1. The fourth-order valence-electron chi connectivity index (χ4n) is 7.77. The first-order valence-corrected chi connectivity index (χ1v) is 19.8. The minimum absolute atomic E-state index is 0.0000311. The van der Waals surface area contributed by atoms with E-state index in [4.69, 9.17) is 19.2 Å². The van der Waals surface area contributed by atoms with Crippen LogP contribution in [0, 0.1) is 0 Å². The molecular formula is C36H42BrN5O6S. The highest BCUT2D eigenvalue weighted by Crippen LogP contribution is 2.57. The molecule has 1 amide bonds. The minimum Gasteiger partial charge on any atom is -0.457 e.